The Morgan fingerprint density at radius 2 is 2.18 bits per heavy atom. The van der Waals surface area contributed by atoms with Gasteiger partial charge in [-0.1, -0.05) is 11.6 Å². The summed E-state index contributed by atoms with van der Waals surface area (Å²) in [5.74, 6) is -1.28. The lowest BCUT2D eigenvalue weighted by Gasteiger charge is -2.20. The Bertz CT molecular complexity index is 720. The molecule has 9 heteroatoms. The number of anilines is 1. The maximum Gasteiger partial charge on any atom is 0.253 e. The number of amides is 2. The summed E-state index contributed by atoms with van der Waals surface area (Å²) in [6.07, 6.45) is 0.0756. The first-order valence-corrected chi connectivity index (χ1v) is 8.63. The Morgan fingerprint density at radius 3 is 2.77 bits per heavy atom. The van der Waals surface area contributed by atoms with Gasteiger partial charge in [-0.05, 0) is 18.2 Å². The molecular formula is C13H16ClN3O4S. The van der Waals surface area contributed by atoms with Gasteiger partial charge in [0.15, 0.2) is 0 Å². The molecule has 0 radical (unpaired) electrons. The number of primary sulfonamides is 1. The summed E-state index contributed by atoms with van der Waals surface area (Å²) in [7, 11) is -2.18. The van der Waals surface area contributed by atoms with E-state index in [4.69, 9.17) is 16.7 Å². The van der Waals surface area contributed by atoms with Crippen LogP contribution >= 0.6 is 11.6 Å². The van der Waals surface area contributed by atoms with Crippen LogP contribution in [0.5, 0.6) is 0 Å². The van der Waals surface area contributed by atoms with Gasteiger partial charge in [-0.25, -0.2) is 13.6 Å². The lowest BCUT2D eigenvalue weighted by molar-refractivity contribution is -0.117. The normalized spacial score (nSPS) is 18.6. The summed E-state index contributed by atoms with van der Waals surface area (Å²) in [5.41, 5.74) is 0.672. The third-order valence-electron chi connectivity index (χ3n) is 3.39. The second-order valence-electron chi connectivity index (χ2n) is 5.14. The van der Waals surface area contributed by atoms with Crippen LogP contribution in [0.1, 0.15) is 16.8 Å². The van der Waals surface area contributed by atoms with E-state index in [2.05, 4.69) is 5.32 Å². The summed E-state index contributed by atoms with van der Waals surface area (Å²) < 4.78 is 22.3. The Balaban J connectivity index is 2.32. The van der Waals surface area contributed by atoms with Gasteiger partial charge in [0.25, 0.3) is 5.91 Å². The fourth-order valence-corrected chi connectivity index (χ4v) is 3.57. The van der Waals surface area contributed by atoms with E-state index in [1.807, 2.05) is 0 Å². The standard InChI is InChI=1S/C13H16ClN3O4S/c1-16-13(19)10-5-9(14)2-3-11(10)17-6-8(4-12(17)18)7-22(15,20)21/h2-3,5,8H,4,6-7H2,1H3,(H,16,19)(H2,15,20,21). The quantitative estimate of drug-likeness (QED) is 0.819. The van der Waals surface area contributed by atoms with Crippen molar-refractivity contribution in [3.63, 3.8) is 0 Å². The fourth-order valence-electron chi connectivity index (χ4n) is 2.51. The minimum atomic E-state index is -3.65. The summed E-state index contributed by atoms with van der Waals surface area (Å²) in [6.45, 7) is 0.195. The van der Waals surface area contributed by atoms with Gasteiger partial charge in [-0.15, -0.1) is 0 Å². The van der Waals surface area contributed by atoms with Gasteiger partial charge in [-0.2, -0.15) is 0 Å². The maximum absolute atomic E-state index is 12.1. The highest BCUT2D eigenvalue weighted by Crippen LogP contribution is 2.30. The van der Waals surface area contributed by atoms with Crippen LogP contribution in [0.3, 0.4) is 0 Å². The van der Waals surface area contributed by atoms with E-state index in [1.165, 1.54) is 18.0 Å². The number of carbonyl (C=O) groups excluding carboxylic acids is 2. The number of rotatable bonds is 4. The average Bonchev–Trinajstić information content (AvgIpc) is 2.76. The predicted octanol–water partition coefficient (Wildman–Crippen LogP) is 0.341. The van der Waals surface area contributed by atoms with Crippen LogP contribution in [0.4, 0.5) is 5.69 Å². The third-order valence-corrected chi connectivity index (χ3v) is 4.57. The molecule has 1 saturated heterocycles. The summed E-state index contributed by atoms with van der Waals surface area (Å²) in [5, 5.41) is 7.88. The van der Waals surface area contributed by atoms with E-state index < -0.39 is 15.9 Å². The SMILES string of the molecule is CNC(=O)c1cc(Cl)ccc1N1CC(CS(N)(=O)=O)CC1=O. The van der Waals surface area contributed by atoms with Crippen molar-refractivity contribution in [1.29, 1.82) is 0 Å². The summed E-state index contributed by atoms with van der Waals surface area (Å²) in [4.78, 5) is 25.5. The van der Waals surface area contributed by atoms with Crippen molar-refractivity contribution in [1.82, 2.24) is 5.32 Å². The van der Waals surface area contributed by atoms with Crippen molar-refractivity contribution in [2.75, 3.05) is 24.2 Å². The number of hydrogen-bond acceptors (Lipinski definition) is 4. The molecule has 1 aromatic rings. The molecule has 2 amide bonds. The van der Waals surface area contributed by atoms with E-state index in [0.717, 1.165) is 0 Å². The van der Waals surface area contributed by atoms with E-state index in [-0.39, 0.29) is 36.1 Å². The van der Waals surface area contributed by atoms with Crippen molar-refractivity contribution in [2.45, 2.75) is 6.42 Å². The van der Waals surface area contributed by atoms with Gasteiger partial charge in [0.05, 0.1) is 17.0 Å². The van der Waals surface area contributed by atoms with Crippen molar-refractivity contribution in [3.05, 3.63) is 28.8 Å². The number of sulfonamides is 1. The third kappa shape index (κ3) is 3.76. The smallest absolute Gasteiger partial charge is 0.253 e. The van der Waals surface area contributed by atoms with Crippen LogP contribution in [0.15, 0.2) is 18.2 Å². The van der Waals surface area contributed by atoms with Crippen molar-refractivity contribution < 1.29 is 18.0 Å². The molecule has 0 bridgehead atoms. The average molecular weight is 346 g/mol. The largest absolute Gasteiger partial charge is 0.355 e. The molecule has 0 spiro atoms. The van der Waals surface area contributed by atoms with E-state index in [9.17, 15) is 18.0 Å². The van der Waals surface area contributed by atoms with Crippen LogP contribution in [-0.4, -0.2) is 39.6 Å². The van der Waals surface area contributed by atoms with Crippen LogP contribution in [0, 0.1) is 5.92 Å². The molecule has 120 valence electrons. The second kappa shape index (κ2) is 6.23. The lowest BCUT2D eigenvalue weighted by atomic mass is 10.1. The number of benzene rings is 1. The van der Waals surface area contributed by atoms with Crippen LogP contribution in [0.25, 0.3) is 0 Å². The molecule has 0 aromatic heterocycles. The molecule has 0 saturated carbocycles. The second-order valence-corrected chi connectivity index (χ2v) is 7.24. The Labute approximate surface area is 133 Å². The Morgan fingerprint density at radius 1 is 1.50 bits per heavy atom. The first-order chi connectivity index (χ1) is 10.2. The van der Waals surface area contributed by atoms with E-state index in [0.29, 0.717) is 10.7 Å². The molecule has 1 aromatic carbocycles. The number of carbonyl (C=O) groups is 2. The Kier molecular flexibility index (Phi) is 4.74. The minimum absolute atomic E-state index is 0.0756. The molecule has 22 heavy (non-hydrogen) atoms. The van der Waals surface area contributed by atoms with Crippen molar-refractivity contribution in [3.8, 4) is 0 Å². The van der Waals surface area contributed by atoms with Gasteiger partial charge in [0, 0.05) is 31.0 Å². The highest BCUT2D eigenvalue weighted by Gasteiger charge is 2.34. The van der Waals surface area contributed by atoms with Crippen molar-refractivity contribution in [2.24, 2.45) is 11.1 Å². The molecule has 1 heterocycles. The zero-order valence-electron chi connectivity index (χ0n) is 11.9. The lowest BCUT2D eigenvalue weighted by Crippen LogP contribution is -2.30. The van der Waals surface area contributed by atoms with Crippen molar-refractivity contribution >= 4 is 39.1 Å². The van der Waals surface area contributed by atoms with Crippen LogP contribution in [-0.2, 0) is 14.8 Å². The predicted molar refractivity (Wildman–Crippen MR) is 83.3 cm³/mol. The molecule has 2 rings (SSSR count). The number of nitrogens with two attached hydrogens (primary N) is 1. The topological polar surface area (TPSA) is 110 Å². The van der Waals surface area contributed by atoms with E-state index in [1.54, 1.807) is 12.1 Å². The highest BCUT2D eigenvalue weighted by atomic mass is 35.5. The van der Waals surface area contributed by atoms with Gasteiger partial charge in [0.2, 0.25) is 15.9 Å². The minimum Gasteiger partial charge on any atom is -0.355 e. The molecule has 1 unspecified atom stereocenters. The zero-order chi connectivity index (χ0) is 16.5. The molecular weight excluding hydrogens is 330 g/mol. The number of nitrogens with one attached hydrogen (secondary N) is 1. The van der Waals surface area contributed by atoms with Gasteiger partial charge < -0.3 is 10.2 Å². The highest BCUT2D eigenvalue weighted by molar-refractivity contribution is 7.89. The van der Waals surface area contributed by atoms with Gasteiger partial charge in [-0.3, -0.25) is 9.59 Å². The Hall–Kier alpha value is -1.64. The van der Waals surface area contributed by atoms with Gasteiger partial charge >= 0.3 is 0 Å². The maximum atomic E-state index is 12.1. The first kappa shape index (κ1) is 16.7. The molecule has 1 aliphatic heterocycles. The van der Waals surface area contributed by atoms with E-state index >= 15 is 0 Å². The molecule has 1 atom stereocenters. The summed E-state index contributed by atoms with van der Waals surface area (Å²) >= 11 is 5.90. The number of nitrogens with zero attached hydrogens (tertiary/aromatic N) is 1. The summed E-state index contributed by atoms with van der Waals surface area (Å²) in [6, 6.07) is 4.61. The molecule has 1 fully saturated rings. The van der Waals surface area contributed by atoms with Gasteiger partial charge in [0.1, 0.15) is 0 Å². The van der Waals surface area contributed by atoms with Crippen LogP contribution in [0.2, 0.25) is 5.02 Å². The molecule has 3 N–H and O–H groups in total. The monoisotopic (exact) mass is 345 g/mol. The molecule has 0 aliphatic carbocycles. The first-order valence-electron chi connectivity index (χ1n) is 6.53. The van der Waals surface area contributed by atoms with Crippen LogP contribution < -0.4 is 15.4 Å². The molecule has 7 nitrogen and oxygen atoms in total. The zero-order valence-corrected chi connectivity index (χ0v) is 13.4. The fraction of sp³-hybridized carbons (Fsp3) is 0.385. The number of hydrogen-bond donors (Lipinski definition) is 2. The number of halogens is 1. The molecule has 1 aliphatic rings.